The van der Waals surface area contributed by atoms with Gasteiger partial charge in [-0.05, 0) is 32.9 Å². The minimum atomic E-state index is -0.500. The summed E-state index contributed by atoms with van der Waals surface area (Å²) in [6.07, 6.45) is -0.437. The lowest BCUT2D eigenvalue weighted by Gasteiger charge is -2.19. The number of aromatic nitrogens is 3. The number of pyridine rings is 1. The van der Waals surface area contributed by atoms with Gasteiger partial charge in [-0.15, -0.1) is 0 Å². The van der Waals surface area contributed by atoms with E-state index in [0.717, 1.165) is 5.52 Å². The average Bonchev–Trinajstić information content (AvgIpc) is 2.69. The number of nitrogens with one attached hydrogen (secondary N) is 2. The second-order valence-electron chi connectivity index (χ2n) is 5.83. The number of imidazole rings is 1. The molecule has 2 rings (SSSR count). The molecular formula is C14H20ClN5O2. The SMILES string of the molecule is Cn1c(NCCNC(=O)OC(C)(C)C)nc2nc(Cl)ccc21. The highest BCUT2D eigenvalue weighted by Crippen LogP contribution is 2.18. The third kappa shape index (κ3) is 4.24. The Morgan fingerprint density at radius 1 is 1.32 bits per heavy atom. The second-order valence-corrected chi connectivity index (χ2v) is 6.21. The Hall–Kier alpha value is -2.02. The average molecular weight is 326 g/mol. The molecule has 0 bridgehead atoms. The van der Waals surface area contributed by atoms with E-state index in [0.29, 0.717) is 29.8 Å². The Morgan fingerprint density at radius 3 is 2.73 bits per heavy atom. The number of alkyl carbamates (subject to hydrolysis) is 1. The lowest BCUT2D eigenvalue weighted by Crippen LogP contribution is -2.35. The number of hydrogen-bond acceptors (Lipinski definition) is 5. The van der Waals surface area contributed by atoms with Crippen LogP contribution in [0.15, 0.2) is 12.1 Å². The van der Waals surface area contributed by atoms with E-state index in [1.807, 2.05) is 38.5 Å². The van der Waals surface area contributed by atoms with Gasteiger partial charge in [-0.25, -0.2) is 9.78 Å². The van der Waals surface area contributed by atoms with Gasteiger partial charge < -0.3 is 19.9 Å². The number of fused-ring (bicyclic) bond motifs is 1. The quantitative estimate of drug-likeness (QED) is 0.667. The first-order valence-electron chi connectivity index (χ1n) is 6.96. The van der Waals surface area contributed by atoms with Crippen molar-refractivity contribution in [2.24, 2.45) is 7.05 Å². The van der Waals surface area contributed by atoms with Crippen molar-refractivity contribution in [3.8, 4) is 0 Å². The molecule has 7 nitrogen and oxygen atoms in total. The van der Waals surface area contributed by atoms with Crippen LogP contribution in [0.4, 0.5) is 10.7 Å². The molecule has 22 heavy (non-hydrogen) atoms. The van der Waals surface area contributed by atoms with Gasteiger partial charge in [0.1, 0.15) is 10.8 Å². The van der Waals surface area contributed by atoms with Crippen LogP contribution in [0.3, 0.4) is 0 Å². The smallest absolute Gasteiger partial charge is 0.407 e. The molecule has 8 heteroatoms. The Bertz CT molecular complexity index is 678. The van der Waals surface area contributed by atoms with Crippen LogP contribution in [0.5, 0.6) is 0 Å². The number of carbonyl (C=O) groups excluding carboxylic acids is 1. The lowest BCUT2D eigenvalue weighted by atomic mass is 10.2. The second kappa shape index (κ2) is 6.39. The Morgan fingerprint density at radius 2 is 2.05 bits per heavy atom. The molecule has 0 radical (unpaired) electrons. The van der Waals surface area contributed by atoms with E-state index in [9.17, 15) is 4.79 Å². The summed E-state index contributed by atoms with van der Waals surface area (Å²) in [5, 5.41) is 6.22. The third-order valence-corrected chi connectivity index (χ3v) is 3.00. The van der Waals surface area contributed by atoms with E-state index in [1.54, 1.807) is 6.07 Å². The van der Waals surface area contributed by atoms with Crippen molar-refractivity contribution in [2.45, 2.75) is 26.4 Å². The number of hydrogen-bond donors (Lipinski definition) is 2. The van der Waals surface area contributed by atoms with E-state index in [4.69, 9.17) is 16.3 Å². The van der Waals surface area contributed by atoms with Crippen molar-refractivity contribution in [2.75, 3.05) is 18.4 Å². The molecule has 1 amide bonds. The summed E-state index contributed by atoms with van der Waals surface area (Å²) in [6.45, 7) is 6.41. The predicted octanol–water partition coefficient (Wildman–Crippen LogP) is 2.56. The van der Waals surface area contributed by atoms with Crippen LogP contribution in [0.25, 0.3) is 11.2 Å². The Labute approximate surface area is 134 Å². The monoisotopic (exact) mass is 325 g/mol. The van der Waals surface area contributed by atoms with Gasteiger partial charge in [-0.3, -0.25) is 0 Å². The van der Waals surface area contributed by atoms with Crippen molar-refractivity contribution >= 4 is 34.8 Å². The molecule has 0 atom stereocenters. The number of carbonyl (C=O) groups is 1. The normalized spacial score (nSPS) is 11.5. The number of rotatable bonds is 4. The molecule has 0 unspecified atom stereocenters. The van der Waals surface area contributed by atoms with Crippen LogP contribution in [0.1, 0.15) is 20.8 Å². The highest BCUT2D eigenvalue weighted by atomic mass is 35.5. The molecule has 120 valence electrons. The number of nitrogens with zero attached hydrogens (tertiary/aromatic N) is 3. The molecule has 0 aliphatic heterocycles. The van der Waals surface area contributed by atoms with Gasteiger partial charge in [0.05, 0.1) is 5.52 Å². The molecule has 2 heterocycles. The van der Waals surface area contributed by atoms with Crippen molar-refractivity contribution < 1.29 is 9.53 Å². The van der Waals surface area contributed by atoms with Crippen LogP contribution in [-0.2, 0) is 11.8 Å². The summed E-state index contributed by atoms with van der Waals surface area (Å²) in [6, 6.07) is 3.58. The summed E-state index contributed by atoms with van der Waals surface area (Å²) >= 11 is 5.85. The molecule has 0 spiro atoms. The summed E-state index contributed by atoms with van der Waals surface area (Å²) in [7, 11) is 1.88. The first-order valence-corrected chi connectivity index (χ1v) is 7.34. The zero-order valence-electron chi connectivity index (χ0n) is 13.1. The molecule has 2 aromatic heterocycles. The Kier molecular flexibility index (Phi) is 4.75. The van der Waals surface area contributed by atoms with Gasteiger partial charge in [-0.1, -0.05) is 11.6 Å². The number of aryl methyl sites for hydroxylation is 1. The standard InChI is InChI=1S/C14H20ClN5O2/c1-14(2,3)22-13(21)17-8-7-16-12-19-11-9(20(12)4)5-6-10(15)18-11/h5-6H,7-8H2,1-4H3,(H,17,21)(H,16,18,19). The van der Waals surface area contributed by atoms with E-state index < -0.39 is 11.7 Å². The first-order chi connectivity index (χ1) is 10.3. The fraction of sp³-hybridized carbons (Fsp3) is 0.500. The molecule has 0 saturated carbocycles. The van der Waals surface area contributed by atoms with Crippen LogP contribution in [-0.4, -0.2) is 39.3 Å². The van der Waals surface area contributed by atoms with E-state index >= 15 is 0 Å². The number of halogens is 1. The Balaban J connectivity index is 1.87. The summed E-state index contributed by atoms with van der Waals surface area (Å²) in [5.74, 6) is 0.663. The highest BCUT2D eigenvalue weighted by molar-refractivity contribution is 6.29. The van der Waals surface area contributed by atoms with Crippen LogP contribution >= 0.6 is 11.6 Å². The van der Waals surface area contributed by atoms with Gasteiger partial charge in [0.2, 0.25) is 5.95 Å². The fourth-order valence-corrected chi connectivity index (χ4v) is 2.01. The van der Waals surface area contributed by atoms with Gasteiger partial charge in [0.15, 0.2) is 5.65 Å². The maximum atomic E-state index is 11.5. The molecule has 0 aliphatic carbocycles. The first kappa shape index (κ1) is 16.4. The lowest BCUT2D eigenvalue weighted by molar-refractivity contribution is 0.0530. The number of anilines is 1. The van der Waals surface area contributed by atoms with E-state index in [-0.39, 0.29) is 0 Å². The largest absolute Gasteiger partial charge is 0.444 e. The molecule has 2 aromatic rings. The van der Waals surface area contributed by atoms with Gasteiger partial charge in [0, 0.05) is 20.1 Å². The summed E-state index contributed by atoms with van der Waals surface area (Å²) in [5.41, 5.74) is 0.962. The van der Waals surface area contributed by atoms with Crippen LogP contribution < -0.4 is 10.6 Å². The molecule has 0 fully saturated rings. The van der Waals surface area contributed by atoms with E-state index in [2.05, 4.69) is 20.6 Å². The van der Waals surface area contributed by atoms with Crippen LogP contribution in [0.2, 0.25) is 5.15 Å². The number of amides is 1. The summed E-state index contributed by atoms with van der Waals surface area (Å²) in [4.78, 5) is 20.0. The molecule has 0 aliphatic rings. The summed E-state index contributed by atoms with van der Waals surface area (Å²) < 4.78 is 7.03. The van der Waals surface area contributed by atoms with E-state index in [1.165, 1.54) is 0 Å². The molecule has 2 N–H and O–H groups in total. The van der Waals surface area contributed by atoms with Crippen molar-refractivity contribution in [3.63, 3.8) is 0 Å². The molecular weight excluding hydrogens is 306 g/mol. The predicted molar refractivity (Wildman–Crippen MR) is 86.2 cm³/mol. The topological polar surface area (TPSA) is 81.1 Å². The zero-order chi connectivity index (χ0) is 16.3. The third-order valence-electron chi connectivity index (χ3n) is 2.79. The fourth-order valence-electron chi connectivity index (χ4n) is 1.86. The maximum absolute atomic E-state index is 11.5. The van der Waals surface area contributed by atoms with Gasteiger partial charge in [-0.2, -0.15) is 4.98 Å². The van der Waals surface area contributed by atoms with Crippen molar-refractivity contribution in [1.29, 1.82) is 0 Å². The van der Waals surface area contributed by atoms with Gasteiger partial charge >= 0.3 is 6.09 Å². The van der Waals surface area contributed by atoms with Crippen molar-refractivity contribution in [1.82, 2.24) is 19.9 Å². The highest BCUT2D eigenvalue weighted by Gasteiger charge is 2.15. The molecule has 0 aromatic carbocycles. The molecule has 0 saturated heterocycles. The minimum Gasteiger partial charge on any atom is -0.444 e. The van der Waals surface area contributed by atoms with Gasteiger partial charge in [0.25, 0.3) is 0 Å². The zero-order valence-corrected chi connectivity index (χ0v) is 13.9. The van der Waals surface area contributed by atoms with Crippen molar-refractivity contribution in [3.05, 3.63) is 17.3 Å². The van der Waals surface area contributed by atoms with Crippen LogP contribution in [0, 0.1) is 0 Å². The minimum absolute atomic E-state index is 0.406. The number of ether oxygens (including phenoxy) is 1. The maximum Gasteiger partial charge on any atom is 0.407 e.